The van der Waals surface area contributed by atoms with E-state index < -0.39 is 12.0 Å². The molecule has 0 radical (unpaired) electrons. The van der Waals surface area contributed by atoms with Gasteiger partial charge in [-0.15, -0.1) is 0 Å². The minimum atomic E-state index is -0.934. The van der Waals surface area contributed by atoms with Gasteiger partial charge in [-0.2, -0.15) is 0 Å². The van der Waals surface area contributed by atoms with Crippen LogP contribution in [-0.4, -0.2) is 34.5 Å². The summed E-state index contributed by atoms with van der Waals surface area (Å²) in [4.78, 5) is 25.7. The monoisotopic (exact) mass is 327 g/mol. The number of benzene rings is 1. The fraction of sp³-hybridized carbons (Fsp3) is 0.467. The molecular weight excluding hydrogens is 313 g/mol. The number of nitrogens with zero attached hydrogens (tertiary/aromatic N) is 1. The third-order valence-electron chi connectivity index (χ3n) is 4.56. The third kappa shape index (κ3) is 2.51. The lowest BCUT2D eigenvalue weighted by atomic mass is 9.94. The molecule has 1 saturated heterocycles. The van der Waals surface area contributed by atoms with Gasteiger partial charge in [-0.05, 0) is 42.9 Å². The second-order valence-electron chi connectivity index (χ2n) is 5.72. The number of carbonyl (C=O) groups excluding carboxylic acids is 1. The predicted octanol–water partition coefficient (Wildman–Crippen LogP) is 3.32. The van der Waals surface area contributed by atoms with Crippen LogP contribution in [0.1, 0.15) is 29.6 Å². The smallest absolute Gasteiger partial charge is 0.326 e. The van der Waals surface area contributed by atoms with E-state index in [-0.39, 0.29) is 23.3 Å². The molecule has 1 aliphatic heterocycles. The summed E-state index contributed by atoms with van der Waals surface area (Å²) in [6, 6.07) is 3.91. The van der Waals surface area contributed by atoms with Crippen molar-refractivity contribution in [3.63, 3.8) is 0 Å². The number of hydrogen-bond donors (Lipinski definition) is 1. The molecule has 0 aromatic heterocycles. The van der Waals surface area contributed by atoms with Gasteiger partial charge >= 0.3 is 5.97 Å². The van der Waals surface area contributed by atoms with E-state index in [1.807, 2.05) is 0 Å². The highest BCUT2D eigenvalue weighted by molar-refractivity contribution is 6.35. The molecule has 1 aromatic rings. The molecular formula is C15H15Cl2NO3. The van der Waals surface area contributed by atoms with Crippen molar-refractivity contribution < 1.29 is 14.7 Å². The average Bonchev–Trinajstić information content (AvgIpc) is 3.00. The zero-order valence-electron chi connectivity index (χ0n) is 11.3. The summed E-state index contributed by atoms with van der Waals surface area (Å²) in [6.07, 6.45) is 2.90. The summed E-state index contributed by atoms with van der Waals surface area (Å²) < 4.78 is 0. The lowest BCUT2D eigenvalue weighted by Crippen LogP contribution is -2.43. The lowest BCUT2D eigenvalue weighted by molar-refractivity contribution is -0.142. The number of halogens is 2. The first-order valence-corrected chi connectivity index (χ1v) is 7.73. The summed E-state index contributed by atoms with van der Waals surface area (Å²) in [5, 5.41) is 10.2. The topological polar surface area (TPSA) is 57.6 Å². The van der Waals surface area contributed by atoms with Gasteiger partial charge in [0.2, 0.25) is 0 Å². The maximum absolute atomic E-state index is 12.7. The van der Waals surface area contributed by atoms with E-state index in [1.54, 1.807) is 12.1 Å². The van der Waals surface area contributed by atoms with Crippen molar-refractivity contribution >= 4 is 35.1 Å². The van der Waals surface area contributed by atoms with Crippen LogP contribution in [0.15, 0.2) is 18.2 Å². The SMILES string of the molecule is O=C(O)C1C2CCCC2CN1C(=O)c1cc(Cl)ccc1Cl. The number of aliphatic carboxylic acids is 1. The summed E-state index contributed by atoms with van der Waals surface area (Å²) >= 11 is 12.0. The van der Waals surface area contributed by atoms with Crippen LogP contribution in [-0.2, 0) is 4.79 Å². The molecule has 1 aliphatic carbocycles. The van der Waals surface area contributed by atoms with Crippen molar-refractivity contribution in [3.8, 4) is 0 Å². The first-order chi connectivity index (χ1) is 9.99. The summed E-state index contributed by atoms with van der Waals surface area (Å²) in [5.74, 6) is -0.933. The van der Waals surface area contributed by atoms with Crippen LogP contribution in [0.3, 0.4) is 0 Å². The van der Waals surface area contributed by atoms with Crippen LogP contribution >= 0.6 is 23.2 Å². The summed E-state index contributed by atoms with van der Waals surface area (Å²) in [6.45, 7) is 0.489. The molecule has 3 unspecified atom stereocenters. The fourth-order valence-corrected chi connectivity index (χ4v) is 4.02. The van der Waals surface area contributed by atoms with Gasteiger partial charge in [0, 0.05) is 11.6 Å². The normalized spacial score (nSPS) is 27.7. The molecule has 112 valence electrons. The van der Waals surface area contributed by atoms with Crippen LogP contribution in [0.4, 0.5) is 0 Å². The van der Waals surface area contributed by atoms with E-state index in [0.717, 1.165) is 19.3 Å². The molecule has 0 spiro atoms. The number of likely N-dealkylation sites (tertiary alicyclic amines) is 1. The number of amides is 1. The molecule has 3 rings (SSSR count). The Balaban J connectivity index is 1.93. The molecule has 3 atom stereocenters. The molecule has 1 N–H and O–H groups in total. The number of carboxylic acid groups (broad SMARTS) is 1. The Kier molecular flexibility index (Phi) is 3.84. The molecule has 0 bridgehead atoms. The highest BCUT2D eigenvalue weighted by atomic mass is 35.5. The standard InChI is InChI=1S/C15H15Cl2NO3/c16-9-4-5-12(17)11(6-9)14(19)18-7-8-2-1-3-10(8)13(18)15(20)21/h4-6,8,10,13H,1-3,7H2,(H,20,21). The van der Waals surface area contributed by atoms with Crippen molar-refractivity contribution in [1.29, 1.82) is 0 Å². The van der Waals surface area contributed by atoms with Crippen molar-refractivity contribution in [2.45, 2.75) is 25.3 Å². The number of fused-ring (bicyclic) bond motifs is 1. The first-order valence-electron chi connectivity index (χ1n) is 6.98. The quantitative estimate of drug-likeness (QED) is 0.906. The van der Waals surface area contributed by atoms with Crippen LogP contribution < -0.4 is 0 Å². The van der Waals surface area contributed by atoms with Crippen molar-refractivity contribution in [3.05, 3.63) is 33.8 Å². The maximum atomic E-state index is 12.7. The Morgan fingerprint density at radius 1 is 1.24 bits per heavy atom. The van der Waals surface area contributed by atoms with Crippen LogP contribution in [0, 0.1) is 11.8 Å². The second kappa shape index (κ2) is 5.50. The average molecular weight is 328 g/mol. The lowest BCUT2D eigenvalue weighted by Gasteiger charge is -2.24. The van der Waals surface area contributed by atoms with Gasteiger partial charge < -0.3 is 10.0 Å². The van der Waals surface area contributed by atoms with Gasteiger partial charge in [-0.3, -0.25) is 4.79 Å². The van der Waals surface area contributed by atoms with E-state index in [2.05, 4.69) is 0 Å². The van der Waals surface area contributed by atoms with Crippen molar-refractivity contribution in [2.75, 3.05) is 6.54 Å². The zero-order valence-corrected chi connectivity index (χ0v) is 12.8. The highest BCUT2D eigenvalue weighted by Gasteiger charge is 2.49. The van der Waals surface area contributed by atoms with Gasteiger partial charge in [-0.1, -0.05) is 29.6 Å². The number of hydrogen-bond acceptors (Lipinski definition) is 2. The van der Waals surface area contributed by atoms with Crippen LogP contribution in [0.2, 0.25) is 10.0 Å². The highest BCUT2D eigenvalue weighted by Crippen LogP contribution is 2.43. The number of carboxylic acids is 1. The van der Waals surface area contributed by atoms with Gasteiger partial charge in [0.15, 0.2) is 0 Å². The van der Waals surface area contributed by atoms with Crippen molar-refractivity contribution in [1.82, 2.24) is 4.90 Å². The predicted molar refractivity (Wildman–Crippen MR) is 79.8 cm³/mol. The molecule has 4 nitrogen and oxygen atoms in total. The number of rotatable bonds is 2. The maximum Gasteiger partial charge on any atom is 0.326 e. The third-order valence-corrected chi connectivity index (χ3v) is 5.13. The van der Waals surface area contributed by atoms with Crippen LogP contribution in [0.5, 0.6) is 0 Å². The van der Waals surface area contributed by atoms with Crippen molar-refractivity contribution in [2.24, 2.45) is 11.8 Å². The Bertz CT molecular complexity index is 605. The molecule has 2 fully saturated rings. The Labute approximate surface area is 132 Å². The summed E-state index contributed by atoms with van der Waals surface area (Å²) in [7, 11) is 0. The largest absolute Gasteiger partial charge is 0.480 e. The molecule has 1 heterocycles. The van der Waals surface area contributed by atoms with Gasteiger partial charge in [0.1, 0.15) is 6.04 Å². The molecule has 1 aromatic carbocycles. The van der Waals surface area contributed by atoms with E-state index in [1.165, 1.54) is 11.0 Å². The second-order valence-corrected chi connectivity index (χ2v) is 6.56. The molecule has 6 heteroatoms. The Morgan fingerprint density at radius 3 is 2.71 bits per heavy atom. The van der Waals surface area contributed by atoms with E-state index in [0.29, 0.717) is 16.6 Å². The fourth-order valence-electron chi connectivity index (χ4n) is 3.65. The molecule has 1 amide bonds. The minimum absolute atomic E-state index is 0.0596. The first kappa shape index (κ1) is 14.7. The van der Waals surface area contributed by atoms with Gasteiger partial charge in [0.25, 0.3) is 5.91 Å². The molecule has 1 saturated carbocycles. The van der Waals surface area contributed by atoms with E-state index >= 15 is 0 Å². The van der Waals surface area contributed by atoms with E-state index in [9.17, 15) is 14.7 Å². The van der Waals surface area contributed by atoms with Gasteiger partial charge in [-0.25, -0.2) is 4.79 Å². The molecule has 2 aliphatic rings. The van der Waals surface area contributed by atoms with E-state index in [4.69, 9.17) is 23.2 Å². The zero-order chi connectivity index (χ0) is 15.1. The summed E-state index contributed by atoms with van der Waals surface area (Å²) in [5.41, 5.74) is 0.274. The van der Waals surface area contributed by atoms with Gasteiger partial charge in [0.05, 0.1) is 10.6 Å². The minimum Gasteiger partial charge on any atom is -0.480 e. The molecule has 21 heavy (non-hydrogen) atoms. The Morgan fingerprint density at radius 2 is 2.00 bits per heavy atom. The Hall–Kier alpha value is -1.26. The van der Waals surface area contributed by atoms with Crippen LogP contribution in [0.25, 0.3) is 0 Å². The number of carbonyl (C=O) groups is 2.